The summed E-state index contributed by atoms with van der Waals surface area (Å²) in [5.41, 5.74) is 0.0191. The predicted octanol–water partition coefficient (Wildman–Crippen LogP) is 1.18. The Labute approximate surface area is 105 Å². The summed E-state index contributed by atoms with van der Waals surface area (Å²) in [6.45, 7) is 2.66. The molecule has 1 saturated heterocycles. The lowest BCUT2D eigenvalue weighted by molar-refractivity contribution is -0.127. The molecule has 1 aromatic carbocycles. The van der Waals surface area contributed by atoms with Crippen LogP contribution in [0.2, 0.25) is 0 Å². The van der Waals surface area contributed by atoms with E-state index in [1.54, 1.807) is 6.07 Å². The van der Waals surface area contributed by atoms with Gasteiger partial charge < -0.3 is 10.2 Å². The minimum atomic E-state index is -0.552. The maximum absolute atomic E-state index is 13.6. The first-order valence-corrected chi connectivity index (χ1v) is 5.98. The van der Waals surface area contributed by atoms with Crippen LogP contribution in [0.4, 0.5) is 4.39 Å². The van der Waals surface area contributed by atoms with Crippen LogP contribution in [0.1, 0.15) is 23.7 Å². The van der Waals surface area contributed by atoms with Crippen LogP contribution in [0.3, 0.4) is 0 Å². The van der Waals surface area contributed by atoms with E-state index in [1.807, 2.05) is 6.92 Å². The number of hydrogen-bond donors (Lipinski definition) is 1. The Balaban J connectivity index is 2.27. The third kappa shape index (κ3) is 2.20. The Hall–Kier alpha value is -1.91. The molecule has 1 N–H and O–H groups in total. The zero-order chi connectivity index (χ0) is 13.1. The van der Waals surface area contributed by atoms with E-state index in [9.17, 15) is 14.0 Å². The van der Waals surface area contributed by atoms with Gasteiger partial charge in [-0.1, -0.05) is 19.1 Å². The van der Waals surface area contributed by atoms with Crippen molar-refractivity contribution in [2.45, 2.75) is 19.4 Å². The summed E-state index contributed by atoms with van der Waals surface area (Å²) in [5.74, 6) is -1.15. The van der Waals surface area contributed by atoms with Crippen molar-refractivity contribution in [3.63, 3.8) is 0 Å². The number of rotatable bonds is 2. The Morgan fingerprint density at radius 2 is 2.22 bits per heavy atom. The molecule has 0 aliphatic carbocycles. The van der Waals surface area contributed by atoms with E-state index in [0.29, 0.717) is 19.5 Å². The lowest BCUT2D eigenvalue weighted by Gasteiger charge is -2.34. The summed E-state index contributed by atoms with van der Waals surface area (Å²) in [6, 6.07) is 5.33. The van der Waals surface area contributed by atoms with E-state index in [0.717, 1.165) is 0 Å². The van der Waals surface area contributed by atoms with Crippen molar-refractivity contribution >= 4 is 11.8 Å². The molecule has 0 saturated carbocycles. The van der Waals surface area contributed by atoms with E-state index in [4.69, 9.17) is 0 Å². The van der Waals surface area contributed by atoms with Crippen LogP contribution in [-0.2, 0) is 4.79 Å². The highest BCUT2D eigenvalue weighted by atomic mass is 19.1. The number of hydrogen-bond acceptors (Lipinski definition) is 2. The van der Waals surface area contributed by atoms with E-state index in [-0.39, 0.29) is 11.5 Å². The Morgan fingerprint density at radius 3 is 2.89 bits per heavy atom. The molecule has 0 radical (unpaired) electrons. The fraction of sp³-hybridized carbons (Fsp3) is 0.385. The van der Waals surface area contributed by atoms with Gasteiger partial charge in [-0.05, 0) is 18.6 Å². The third-order valence-corrected chi connectivity index (χ3v) is 3.08. The SMILES string of the molecule is CCC1C(=O)NCCN1C(=O)c1ccccc1F. The number of nitrogens with zero attached hydrogens (tertiary/aromatic N) is 1. The topological polar surface area (TPSA) is 49.4 Å². The second kappa shape index (κ2) is 5.16. The fourth-order valence-corrected chi connectivity index (χ4v) is 2.15. The van der Waals surface area contributed by atoms with Gasteiger partial charge in [0, 0.05) is 13.1 Å². The van der Waals surface area contributed by atoms with Crippen molar-refractivity contribution < 1.29 is 14.0 Å². The molecule has 1 aliphatic rings. The first kappa shape index (κ1) is 12.5. The van der Waals surface area contributed by atoms with Crippen LogP contribution in [0.5, 0.6) is 0 Å². The van der Waals surface area contributed by atoms with Crippen molar-refractivity contribution in [2.24, 2.45) is 0 Å². The summed E-state index contributed by atoms with van der Waals surface area (Å²) < 4.78 is 13.6. The number of amides is 2. The van der Waals surface area contributed by atoms with Crippen LogP contribution in [0, 0.1) is 5.82 Å². The highest BCUT2D eigenvalue weighted by Crippen LogP contribution is 2.15. The summed E-state index contributed by atoms with van der Waals surface area (Å²) in [5, 5.41) is 2.71. The molecular weight excluding hydrogens is 235 g/mol. The number of halogens is 1. The van der Waals surface area contributed by atoms with Gasteiger partial charge in [-0.3, -0.25) is 9.59 Å². The molecule has 1 atom stereocenters. The summed E-state index contributed by atoms with van der Waals surface area (Å²) in [6.07, 6.45) is 0.520. The van der Waals surface area contributed by atoms with Gasteiger partial charge in [0.05, 0.1) is 5.56 Å². The van der Waals surface area contributed by atoms with Gasteiger partial charge in [0.1, 0.15) is 11.9 Å². The van der Waals surface area contributed by atoms with Gasteiger partial charge >= 0.3 is 0 Å². The highest BCUT2D eigenvalue weighted by molar-refractivity contribution is 5.98. The molecular formula is C13H15FN2O2. The molecule has 96 valence electrons. The molecule has 1 fully saturated rings. The van der Waals surface area contributed by atoms with Crippen LogP contribution in [0.25, 0.3) is 0 Å². The molecule has 0 bridgehead atoms. The molecule has 1 unspecified atom stereocenters. The van der Waals surface area contributed by atoms with Gasteiger partial charge in [-0.25, -0.2) is 4.39 Å². The molecule has 18 heavy (non-hydrogen) atoms. The third-order valence-electron chi connectivity index (χ3n) is 3.08. The maximum Gasteiger partial charge on any atom is 0.257 e. The van der Waals surface area contributed by atoms with Crippen LogP contribution >= 0.6 is 0 Å². The zero-order valence-corrected chi connectivity index (χ0v) is 10.1. The summed E-state index contributed by atoms with van der Waals surface area (Å²) >= 11 is 0. The van der Waals surface area contributed by atoms with Crippen LogP contribution in [0.15, 0.2) is 24.3 Å². The van der Waals surface area contributed by atoms with Crippen LogP contribution in [-0.4, -0.2) is 35.8 Å². The van der Waals surface area contributed by atoms with Crippen molar-refractivity contribution in [2.75, 3.05) is 13.1 Å². The minimum absolute atomic E-state index is 0.0191. The largest absolute Gasteiger partial charge is 0.353 e. The van der Waals surface area contributed by atoms with Crippen molar-refractivity contribution in [1.29, 1.82) is 0 Å². The van der Waals surface area contributed by atoms with Crippen LogP contribution < -0.4 is 5.32 Å². The second-order valence-electron chi connectivity index (χ2n) is 4.19. The van der Waals surface area contributed by atoms with E-state index in [2.05, 4.69) is 5.32 Å². The minimum Gasteiger partial charge on any atom is -0.353 e. The Bertz CT molecular complexity index is 476. The standard InChI is InChI=1S/C13H15FN2O2/c1-2-11-12(17)15-7-8-16(11)13(18)9-5-3-4-6-10(9)14/h3-6,11H,2,7-8H2,1H3,(H,15,17). The number of carbonyl (C=O) groups excluding carboxylic acids is 2. The van der Waals surface area contributed by atoms with E-state index >= 15 is 0 Å². The van der Waals surface area contributed by atoms with Crippen molar-refractivity contribution in [1.82, 2.24) is 10.2 Å². The fourth-order valence-electron chi connectivity index (χ4n) is 2.15. The number of piperazine rings is 1. The van der Waals surface area contributed by atoms with Crippen molar-refractivity contribution in [3.8, 4) is 0 Å². The number of benzene rings is 1. The molecule has 1 heterocycles. The van der Waals surface area contributed by atoms with Crippen molar-refractivity contribution in [3.05, 3.63) is 35.6 Å². The molecule has 5 heteroatoms. The summed E-state index contributed by atoms with van der Waals surface area (Å²) in [4.78, 5) is 25.3. The average Bonchev–Trinajstić information content (AvgIpc) is 2.38. The van der Waals surface area contributed by atoms with Gasteiger partial charge in [0.15, 0.2) is 0 Å². The monoisotopic (exact) mass is 250 g/mol. The quantitative estimate of drug-likeness (QED) is 0.856. The lowest BCUT2D eigenvalue weighted by atomic mass is 10.1. The Morgan fingerprint density at radius 1 is 1.50 bits per heavy atom. The smallest absolute Gasteiger partial charge is 0.257 e. The van der Waals surface area contributed by atoms with Gasteiger partial charge in [0.25, 0.3) is 5.91 Å². The molecule has 0 aromatic heterocycles. The van der Waals surface area contributed by atoms with Gasteiger partial charge in [-0.2, -0.15) is 0 Å². The maximum atomic E-state index is 13.6. The first-order valence-electron chi connectivity index (χ1n) is 5.98. The zero-order valence-electron chi connectivity index (χ0n) is 10.1. The molecule has 2 amide bonds. The lowest BCUT2D eigenvalue weighted by Crippen LogP contribution is -2.57. The van der Waals surface area contributed by atoms with Gasteiger partial charge in [0.2, 0.25) is 5.91 Å². The highest BCUT2D eigenvalue weighted by Gasteiger charge is 2.32. The average molecular weight is 250 g/mol. The molecule has 1 aromatic rings. The number of carbonyl (C=O) groups is 2. The van der Waals surface area contributed by atoms with Gasteiger partial charge in [-0.15, -0.1) is 0 Å². The normalized spacial score (nSPS) is 19.6. The summed E-state index contributed by atoms with van der Waals surface area (Å²) in [7, 11) is 0. The molecule has 4 nitrogen and oxygen atoms in total. The molecule has 0 spiro atoms. The molecule has 2 rings (SSSR count). The number of nitrogens with one attached hydrogen (secondary N) is 1. The second-order valence-corrected chi connectivity index (χ2v) is 4.19. The van der Waals surface area contributed by atoms with E-state index < -0.39 is 17.8 Å². The van der Waals surface area contributed by atoms with E-state index in [1.165, 1.54) is 23.1 Å². The molecule has 1 aliphatic heterocycles. The predicted molar refractivity (Wildman–Crippen MR) is 64.5 cm³/mol. The Kier molecular flexibility index (Phi) is 3.60. The first-order chi connectivity index (χ1) is 8.65.